The van der Waals surface area contributed by atoms with E-state index in [1.54, 1.807) is 7.05 Å². The molecule has 6 heteroatoms. The van der Waals surface area contributed by atoms with Crippen LogP contribution in [0.25, 0.3) is 10.9 Å². The summed E-state index contributed by atoms with van der Waals surface area (Å²) in [7, 11) is 3.65. The van der Waals surface area contributed by atoms with Gasteiger partial charge in [0.1, 0.15) is 5.82 Å². The van der Waals surface area contributed by atoms with Crippen molar-refractivity contribution in [1.29, 1.82) is 0 Å². The van der Waals surface area contributed by atoms with Crippen LogP contribution in [0.5, 0.6) is 0 Å². The highest BCUT2D eigenvalue weighted by Crippen LogP contribution is 2.31. The first-order valence-corrected chi connectivity index (χ1v) is 7.78. The van der Waals surface area contributed by atoms with Gasteiger partial charge in [0.2, 0.25) is 0 Å². The van der Waals surface area contributed by atoms with Gasteiger partial charge in [0.15, 0.2) is 0 Å². The standard InChI is InChI=1S/C17H21FN4O/c1-5-6-21(3)9-14-15-10(2)19-13-8-11(18)7-12(16(13)15)17(23)22(4)20-14/h7-8,19H,5-6,9H2,1-4H3. The Balaban J connectivity index is 2.22. The molecule has 0 aliphatic carbocycles. The minimum Gasteiger partial charge on any atom is -0.358 e. The molecule has 5 nitrogen and oxygen atoms in total. The van der Waals surface area contributed by atoms with Crippen LogP contribution in [0.4, 0.5) is 4.39 Å². The van der Waals surface area contributed by atoms with Gasteiger partial charge in [-0.2, -0.15) is 5.10 Å². The highest BCUT2D eigenvalue weighted by molar-refractivity contribution is 6.20. The van der Waals surface area contributed by atoms with Crippen molar-refractivity contribution in [3.8, 4) is 0 Å². The number of nitrogens with zero attached hydrogens (tertiary/aromatic N) is 3. The molecule has 0 spiro atoms. The average Bonchev–Trinajstić information content (AvgIpc) is 2.75. The minimum atomic E-state index is -0.423. The number of halogens is 1. The molecule has 1 aromatic carbocycles. The Morgan fingerprint density at radius 2 is 2.13 bits per heavy atom. The van der Waals surface area contributed by atoms with E-state index in [-0.39, 0.29) is 5.91 Å². The van der Waals surface area contributed by atoms with Crippen molar-refractivity contribution in [3.63, 3.8) is 0 Å². The molecule has 2 heterocycles. The van der Waals surface area contributed by atoms with Crippen LogP contribution in [0.2, 0.25) is 0 Å². The molecular formula is C17H21FN4O. The van der Waals surface area contributed by atoms with Crippen LogP contribution in [-0.2, 0) is 0 Å². The summed E-state index contributed by atoms with van der Waals surface area (Å²) < 4.78 is 13.9. The molecule has 1 amide bonds. The number of likely N-dealkylation sites (N-methyl/N-ethyl adjacent to an activating group) is 1. The van der Waals surface area contributed by atoms with Crippen LogP contribution in [0.3, 0.4) is 0 Å². The van der Waals surface area contributed by atoms with Crippen molar-refractivity contribution in [3.05, 3.63) is 34.8 Å². The van der Waals surface area contributed by atoms with Gasteiger partial charge in [0.05, 0.1) is 11.3 Å². The van der Waals surface area contributed by atoms with Gasteiger partial charge in [-0.05, 0) is 39.1 Å². The number of hydrogen-bond acceptors (Lipinski definition) is 3. The Hall–Kier alpha value is -2.21. The maximum atomic E-state index is 13.9. The topological polar surface area (TPSA) is 51.7 Å². The number of benzene rings is 1. The molecule has 3 rings (SSSR count). The zero-order valence-corrected chi connectivity index (χ0v) is 13.9. The predicted molar refractivity (Wildman–Crippen MR) is 89.4 cm³/mol. The predicted octanol–water partition coefficient (Wildman–Crippen LogP) is 2.75. The van der Waals surface area contributed by atoms with Gasteiger partial charge < -0.3 is 9.88 Å². The molecule has 0 saturated carbocycles. The largest absolute Gasteiger partial charge is 0.358 e. The van der Waals surface area contributed by atoms with Crippen molar-refractivity contribution >= 4 is 22.5 Å². The normalized spacial score (nSPS) is 14.6. The molecule has 1 N–H and O–H groups in total. The molecule has 0 fully saturated rings. The number of aromatic nitrogens is 1. The number of H-pyrrole nitrogens is 1. The Morgan fingerprint density at radius 3 is 2.83 bits per heavy atom. The van der Waals surface area contributed by atoms with Crippen molar-refractivity contribution in [1.82, 2.24) is 14.9 Å². The maximum Gasteiger partial charge on any atom is 0.274 e. The van der Waals surface area contributed by atoms with E-state index < -0.39 is 5.82 Å². The zero-order valence-electron chi connectivity index (χ0n) is 13.9. The third-order valence-corrected chi connectivity index (χ3v) is 4.16. The number of aromatic amines is 1. The van der Waals surface area contributed by atoms with Gasteiger partial charge in [-0.15, -0.1) is 0 Å². The summed E-state index contributed by atoms with van der Waals surface area (Å²) in [6, 6.07) is 2.73. The molecular weight excluding hydrogens is 295 g/mol. The van der Waals surface area contributed by atoms with E-state index in [0.29, 0.717) is 17.6 Å². The van der Waals surface area contributed by atoms with Gasteiger partial charge in [-0.25, -0.2) is 9.40 Å². The fraction of sp³-hybridized carbons (Fsp3) is 0.412. The average molecular weight is 316 g/mol. The summed E-state index contributed by atoms with van der Waals surface area (Å²) in [5, 5.41) is 6.57. The van der Waals surface area contributed by atoms with E-state index in [0.717, 1.165) is 35.3 Å². The number of aryl methyl sites for hydroxylation is 1. The molecule has 0 radical (unpaired) electrons. The monoisotopic (exact) mass is 316 g/mol. The number of nitrogens with one attached hydrogen (secondary N) is 1. The lowest BCUT2D eigenvalue weighted by Gasteiger charge is -2.18. The van der Waals surface area contributed by atoms with Gasteiger partial charge in [0.25, 0.3) is 5.91 Å². The van der Waals surface area contributed by atoms with Crippen molar-refractivity contribution < 1.29 is 9.18 Å². The second kappa shape index (κ2) is 5.77. The first kappa shape index (κ1) is 15.7. The number of carbonyl (C=O) groups excluding carboxylic acids is 1. The van der Waals surface area contributed by atoms with Crippen LogP contribution in [0, 0.1) is 12.7 Å². The van der Waals surface area contributed by atoms with Crippen molar-refractivity contribution in [2.75, 3.05) is 27.2 Å². The Bertz CT molecular complexity index is 809. The fourth-order valence-electron chi connectivity index (χ4n) is 3.23. The van der Waals surface area contributed by atoms with Crippen molar-refractivity contribution in [2.24, 2.45) is 5.10 Å². The number of hydrazone groups is 1. The molecule has 0 atom stereocenters. The molecule has 122 valence electrons. The lowest BCUT2D eigenvalue weighted by atomic mass is 10.0. The summed E-state index contributed by atoms with van der Waals surface area (Å²) in [5.41, 5.74) is 3.64. The van der Waals surface area contributed by atoms with E-state index in [1.807, 2.05) is 14.0 Å². The molecule has 0 bridgehead atoms. The number of carbonyl (C=O) groups is 1. The van der Waals surface area contributed by atoms with E-state index in [9.17, 15) is 9.18 Å². The first-order valence-electron chi connectivity index (χ1n) is 7.78. The van der Waals surface area contributed by atoms with Crippen LogP contribution in [-0.4, -0.2) is 53.7 Å². The Kier molecular flexibility index (Phi) is 3.93. The van der Waals surface area contributed by atoms with E-state index >= 15 is 0 Å². The summed E-state index contributed by atoms with van der Waals surface area (Å²) in [5.74, 6) is -0.712. The summed E-state index contributed by atoms with van der Waals surface area (Å²) in [6.07, 6.45) is 1.04. The quantitative estimate of drug-likeness (QED) is 0.943. The minimum absolute atomic E-state index is 0.289. The SMILES string of the molecule is CCCN(C)CC1=NN(C)C(=O)c2cc(F)cc3[nH]c(C)c1c23. The zero-order chi connectivity index (χ0) is 16.7. The third kappa shape index (κ3) is 2.63. The first-order chi connectivity index (χ1) is 10.9. The molecule has 1 aliphatic rings. The molecule has 2 aromatic rings. The van der Waals surface area contributed by atoms with E-state index in [2.05, 4.69) is 21.9 Å². The number of amides is 1. The fourth-order valence-corrected chi connectivity index (χ4v) is 3.23. The van der Waals surface area contributed by atoms with Crippen LogP contribution < -0.4 is 0 Å². The second-order valence-electron chi connectivity index (χ2n) is 6.11. The van der Waals surface area contributed by atoms with E-state index in [4.69, 9.17) is 0 Å². The van der Waals surface area contributed by atoms with Crippen LogP contribution in [0.15, 0.2) is 17.2 Å². The summed E-state index contributed by atoms with van der Waals surface area (Å²) in [4.78, 5) is 17.9. The lowest BCUT2D eigenvalue weighted by molar-refractivity contribution is 0.0801. The second-order valence-corrected chi connectivity index (χ2v) is 6.11. The third-order valence-electron chi connectivity index (χ3n) is 4.16. The van der Waals surface area contributed by atoms with Gasteiger partial charge in [0, 0.05) is 35.8 Å². The van der Waals surface area contributed by atoms with E-state index in [1.165, 1.54) is 17.1 Å². The summed E-state index contributed by atoms with van der Waals surface area (Å²) in [6.45, 7) is 5.64. The van der Waals surface area contributed by atoms with Gasteiger partial charge in [-0.3, -0.25) is 4.79 Å². The maximum absolute atomic E-state index is 13.9. The van der Waals surface area contributed by atoms with Crippen LogP contribution in [0.1, 0.15) is 35.0 Å². The van der Waals surface area contributed by atoms with Crippen molar-refractivity contribution in [2.45, 2.75) is 20.3 Å². The smallest absolute Gasteiger partial charge is 0.274 e. The molecule has 1 aromatic heterocycles. The molecule has 1 aliphatic heterocycles. The van der Waals surface area contributed by atoms with Gasteiger partial charge in [-0.1, -0.05) is 6.92 Å². The number of hydrogen-bond donors (Lipinski definition) is 1. The van der Waals surface area contributed by atoms with Crippen LogP contribution >= 0.6 is 0 Å². The highest BCUT2D eigenvalue weighted by atomic mass is 19.1. The lowest BCUT2D eigenvalue weighted by Crippen LogP contribution is -2.29. The van der Waals surface area contributed by atoms with Gasteiger partial charge >= 0.3 is 0 Å². The summed E-state index contributed by atoms with van der Waals surface area (Å²) >= 11 is 0. The number of rotatable bonds is 4. The molecule has 23 heavy (non-hydrogen) atoms. The molecule has 0 saturated heterocycles. The Labute approximate surface area is 134 Å². The Morgan fingerprint density at radius 1 is 1.39 bits per heavy atom. The molecule has 0 unspecified atom stereocenters. The highest BCUT2D eigenvalue weighted by Gasteiger charge is 2.27.